The summed E-state index contributed by atoms with van der Waals surface area (Å²) in [5, 5.41) is 3.44. The van der Waals surface area contributed by atoms with Crippen molar-refractivity contribution in [3.63, 3.8) is 0 Å². The monoisotopic (exact) mass is 183 g/mol. The van der Waals surface area contributed by atoms with E-state index in [4.69, 9.17) is 4.74 Å². The van der Waals surface area contributed by atoms with Crippen LogP contribution in [0.25, 0.3) is 0 Å². The zero-order valence-corrected chi connectivity index (χ0v) is 8.81. The average Bonchev–Trinajstić information content (AvgIpc) is 2.62. The summed E-state index contributed by atoms with van der Waals surface area (Å²) in [5.41, 5.74) is 0.519. The molecule has 2 saturated carbocycles. The van der Waals surface area contributed by atoms with Crippen LogP contribution in [-0.2, 0) is 4.74 Å². The van der Waals surface area contributed by atoms with Crippen LogP contribution in [0, 0.1) is 5.41 Å². The number of ether oxygens (including phenoxy) is 1. The van der Waals surface area contributed by atoms with Crippen molar-refractivity contribution < 1.29 is 4.74 Å². The standard InChI is InChI=1S/C11H21NO/c1-3-13-10-8-9(12-2)11(10)6-4-5-7-11/h9-10,12H,3-8H2,1-2H3. The Labute approximate surface area is 81.0 Å². The Balaban J connectivity index is 2.01. The third-order valence-corrected chi connectivity index (χ3v) is 4.04. The SMILES string of the molecule is CCOC1CC(NC)C12CCCC2. The zero-order chi connectivity index (χ0) is 9.31. The first-order chi connectivity index (χ1) is 6.33. The number of nitrogens with one attached hydrogen (secondary N) is 1. The maximum Gasteiger partial charge on any atom is 0.0661 e. The van der Waals surface area contributed by atoms with Crippen molar-refractivity contribution in [2.24, 2.45) is 5.41 Å². The van der Waals surface area contributed by atoms with Crippen LogP contribution in [0.1, 0.15) is 39.0 Å². The Morgan fingerprint density at radius 2 is 2.08 bits per heavy atom. The van der Waals surface area contributed by atoms with Crippen LogP contribution in [0.2, 0.25) is 0 Å². The molecule has 2 atom stereocenters. The van der Waals surface area contributed by atoms with E-state index < -0.39 is 0 Å². The summed E-state index contributed by atoms with van der Waals surface area (Å²) in [7, 11) is 2.09. The molecule has 0 aromatic heterocycles. The fourth-order valence-electron chi connectivity index (χ4n) is 3.29. The Morgan fingerprint density at radius 1 is 1.38 bits per heavy atom. The summed E-state index contributed by atoms with van der Waals surface area (Å²) in [6, 6.07) is 0.728. The molecule has 2 rings (SSSR count). The molecule has 0 heterocycles. The first-order valence-electron chi connectivity index (χ1n) is 5.62. The third-order valence-electron chi connectivity index (χ3n) is 4.04. The maximum absolute atomic E-state index is 5.81. The fourth-order valence-corrected chi connectivity index (χ4v) is 3.29. The minimum Gasteiger partial charge on any atom is -0.378 e. The second kappa shape index (κ2) is 3.58. The fraction of sp³-hybridized carbons (Fsp3) is 1.00. The van der Waals surface area contributed by atoms with Crippen molar-refractivity contribution in [1.82, 2.24) is 5.32 Å². The Morgan fingerprint density at radius 3 is 2.62 bits per heavy atom. The van der Waals surface area contributed by atoms with Crippen LogP contribution in [0.15, 0.2) is 0 Å². The lowest BCUT2D eigenvalue weighted by Gasteiger charge is -2.54. The molecular weight excluding hydrogens is 162 g/mol. The van der Waals surface area contributed by atoms with Gasteiger partial charge in [-0.2, -0.15) is 0 Å². The van der Waals surface area contributed by atoms with E-state index in [1.165, 1.54) is 32.1 Å². The molecule has 2 fully saturated rings. The summed E-state index contributed by atoms with van der Waals surface area (Å²) >= 11 is 0. The van der Waals surface area contributed by atoms with E-state index in [9.17, 15) is 0 Å². The molecule has 1 N–H and O–H groups in total. The van der Waals surface area contributed by atoms with Gasteiger partial charge in [0.15, 0.2) is 0 Å². The van der Waals surface area contributed by atoms with Gasteiger partial charge in [-0.3, -0.25) is 0 Å². The second-order valence-electron chi connectivity index (χ2n) is 4.46. The van der Waals surface area contributed by atoms with Gasteiger partial charge in [-0.25, -0.2) is 0 Å². The number of hydrogen-bond acceptors (Lipinski definition) is 2. The molecule has 76 valence electrons. The smallest absolute Gasteiger partial charge is 0.0661 e. The van der Waals surface area contributed by atoms with Gasteiger partial charge in [-0.05, 0) is 33.2 Å². The van der Waals surface area contributed by atoms with E-state index >= 15 is 0 Å². The molecule has 0 aromatic rings. The third kappa shape index (κ3) is 1.31. The molecule has 0 radical (unpaired) electrons. The molecule has 0 aliphatic heterocycles. The minimum atomic E-state index is 0.519. The number of hydrogen-bond donors (Lipinski definition) is 1. The molecule has 2 aliphatic carbocycles. The summed E-state index contributed by atoms with van der Waals surface area (Å²) < 4.78 is 5.81. The summed E-state index contributed by atoms with van der Waals surface area (Å²) in [4.78, 5) is 0. The van der Waals surface area contributed by atoms with Crippen molar-refractivity contribution >= 4 is 0 Å². The van der Waals surface area contributed by atoms with Crippen molar-refractivity contribution in [3.8, 4) is 0 Å². The highest BCUT2D eigenvalue weighted by molar-refractivity contribution is 5.09. The predicted molar refractivity (Wildman–Crippen MR) is 53.8 cm³/mol. The van der Waals surface area contributed by atoms with Gasteiger partial charge in [0.25, 0.3) is 0 Å². The molecular formula is C11H21NO. The Hall–Kier alpha value is -0.0800. The van der Waals surface area contributed by atoms with Crippen LogP contribution in [0.3, 0.4) is 0 Å². The first-order valence-corrected chi connectivity index (χ1v) is 5.62. The molecule has 2 aliphatic rings. The van der Waals surface area contributed by atoms with E-state index in [0.29, 0.717) is 11.5 Å². The van der Waals surface area contributed by atoms with Crippen LogP contribution in [0.4, 0.5) is 0 Å². The van der Waals surface area contributed by atoms with Crippen molar-refractivity contribution in [2.75, 3.05) is 13.7 Å². The van der Waals surface area contributed by atoms with Gasteiger partial charge in [0.1, 0.15) is 0 Å². The van der Waals surface area contributed by atoms with Crippen molar-refractivity contribution in [1.29, 1.82) is 0 Å². The molecule has 13 heavy (non-hydrogen) atoms. The molecule has 2 heteroatoms. The number of rotatable bonds is 3. The maximum atomic E-state index is 5.81. The summed E-state index contributed by atoms with van der Waals surface area (Å²) in [6.45, 7) is 2.98. The molecule has 0 amide bonds. The quantitative estimate of drug-likeness (QED) is 0.722. The van der Waals surface area contributed by atoms with Crippen LogP contribution >= 0.6 is 0 Å². The van der Waals surface area contributed by atoms with Crippen LogP contribution in [-0.4, -0.2) is 25.8 Å². The Kier molecular flexibility index (Phi) is 2.61. The highest BCUT2D eigenvalue weighted by atomic mass is 16.5. The van der Waals surface area contributed by atoms with Crippen molar-refractivity contribution in [2.45, 2.75) is 51.2 Å². The van der Waals surface area contributed by atoms with Gasteiger partial charge in [0, 0.05) is 18.1 Å². The molecule has 0 saturated heterocycles. The highest BCUT2D eigenvalue weighted by Crippen LogP contribution is 2.54. The van der Waals surface area contributed by atoms with Gasteiger partial charge < -0.3 is 10.1 Å². The predicted octanol–water partition coefficient (Wildman–Crippen LogP) is 1.94. The first kappa shape index (κ1) is 9.47. The van der Waals surface area contributed by atoms with E-state index in [2.05, 4.69) is 19.3 Å². The molecule has 2 unspecified atom stereocenters. The second-order valence-corrected chi connectivity index (χ2v) is 4.46. The lowest BCUT2D eigenvalue weighted by molar-refractivity contribution is -0.128. The summed E-state index contributed by atoms with van der Waals surface area (Å²) in [6.07, 6.45) is 7.35. The lowest BCUT2D eigenvalue weighted by Crippen LogP contribution is -2.61. The van der Waals surface area contributed by atoms with E-state index in [-0.39, 0.29) is 0 Å². The largest absolute Gasteiger partial charge is 0.378 e. The van der Waals surface area contributed by atoms with Gasteiger partial charge in [-0.1, -0.05) is 12.8 Å². The van der Waals surface area contributed by atoms with Gasteiger partial charge in [-0.15, -0.1) is 0 Å². The van der Waals surface area contributed by atoms with E-state index in [0.717, 1.165) is 12.6 Å². The molecule has 0 aromatic carbocycles. The molecule has 1 spiro atoms. The van der Waals surface area contributed by atoms with Gasteiger partial charge in [0.05, 0.1) is 6.10 Å². The van der Waals surface area contributed by atoms with Crippen LogP contribution in [0.5, 0.6) is 0 Å². The van der Waals surface area contributed by atoms with Gasteiger partial charge >= 0.3 is 0 Å². The van der Waals surface area contributed by atoms with Crippen molar-refractivity contribution in [3.05, 3.63) is 0 Å². The van der Waals surface area contributed by atoms with Gasteiger partial charge in [0.2, 0.25) is 0 Å². The molecule has 2 nitrogen and oxygen atoms in total. The summed E-state index contributed by atoms with van der Waals surface area (Å²) in [5.74, 6) is 0. The highest BCUT2D eigenvalue weighted by Gasteiger charge is 2.55. The normalized spacial score (nSPS) is 36.5. The Bertz CT molecular complexity index is 175. The molecule has 0 bridgehead atoms. The average molecular weight is 183 g/mol. The van der Waals surface area contributed by atoms with E-state index in [1.807, 2.05) is 0 Å². The minimum absolute atomic E-state index is 0.519. The van der Waals surface area contributed by atoms with Crippen LogP contribution < -0.4 is 5.32 Å². The lowest BCUT2D eigenvalue weighted by atomic mass is 9.60. The topological polar surface area (TPSA) is 21.3 Å². The zero-order valence-electron chi connectivity index (χ0n) is 8.81. The van der Waals surface area contributed by atoms with E-state index in [1.54, 1.807) is 0 Å².